The topological polar surface area (TPSA) is 15.3 Å². The molecule has 5 rings (SSSR count). The number of hydrogen-bond acceptors (Lipinski definition) is 2. The Bertz CT molecular complexity index is 748. The van der Waals surface area contributed by atoms with Gasteiger partial charge in [0.1, 0.15) is 0 Å². The summed E-state index contributed by atoms with van der Waals surface area (Å²) in [5.41, 5.74) is 5.19. The van der Waals surface area contributed by atoms with Crippen LogP contribution in [0, 0.1) is 5.92 Å². The average Bonchev–Trinajstić information content (AvgIpc) is 3.28. The van der Waals surface area contributed by atoms with Gasteiger partial charge < -0.3 is 5.32 Å². The molecular weight excluding hydrogens is 316 g/mol. The molecule has 2 heteroatoms. The van der Waals surface area contributed by atoms with Crippen molar-refractivity contribution in [3.8, 4) is 0 Å². The lowest BCUT2D eigenvalue weighted by atomic mass is 9.95. The summed E-state index contributed by atoms with van der Waals surface area (Å²) >= 11 is 0. The lowest BCUT2D eigenvalue weighted by molar-refractivity contribution is 0.175. The normalized spacial score (nSPS) is 28.4. The van der Waals surface area contributed by atoms with Crippen LogP contribution in [-0.4, -0.2) is 30.6 Å². The van der Waals surface area contributed by atoms with Crippen LogP contribution < -0.4 is 5.32 Å². The Morgan fingerprint density at radius 1 is 0.962 bits per heavy atom. The maximum Gasteiger partial charge on any atom is 0.0233 e. The number of piperidine rings is 1. The third kappa shape index (κ3) is 3.10. The lowest BCUT2D eigenvalue weighted by Crippen LogP contribution is -2.38. The summed E-state index contributed by atoms with van der Waals surface area (Å²) in [6, 6.07) is 20.8. The number of nitrogens with one attached hydrogen (secondary N) is 1. The molecule has 2 aromatic rings. The molecule has 2 aliphatic carbocycles. The molecule has 1 saturated carbocycles. The van der Waals surface area contributed by atoms with E-state index in [1.807, 2.05) is 0 Å². The number of fused-ring (bicyclic) bond motifs is 2. The predicted octanol–water partition coefficient (Wildman–Crippen LogP) is 4.14. The molecule has 2 fully saturated rings. The number of nitrogens with zero attached hydrogens (tertiary/aromatic N) is 1. The van der Waals surface area contributed by atoms with Gasteiger partial charge in [-0.05, 0) is 74.3 Å². The van der Waals surface area contributed by atoms with Crippen LogP contribution >= 0.6 is 0 Å². The van der Waals surface area contributed by atoms with E-state index >= 15 is 0 Å². The van der Waals surface area contributed by atoms with Gasteiger partial charge in [0.2, 0.25) is 0 Å². The molecule has 1 N–H and O–H groups in total. The Balaban J connectivity index is 1.09. The summed E-state index contributed by atoms with van der Waals surface area (Å²) in [6.07, 6.45) is 6.69. The van der Waals surface area contributed by atoms with E-state index in [0.29, 0.717) is 5.41 Å². The van der Waals surface area contributed by atoms with Crippen molar-refractivity contribution in [2.24, 2.45) is 5.92 Å². The van der Waals surface area contributed by atoms with Crippen LogP contribution in [0.25, 0.3) is 0 Å². The fourth-order valence-corrected chi connectivity index (χ4v) is 5.36. The Morgan fingerprint density at radius 2 is 1.73 bits per heavy atom. The Hall–Kier alpha value is -1.64. The fourth-order valence-electron chi connectivity index (χ4n) is 5.36. The molecule has 2 nitrogen and oxygen atoms in total. The van der Waals surface area contributed by atoms with E-state index < -0.39 is 0 Å². The Morgan fingerprint density at radius 3 is 2.58 bits per heavy atom. The maximum absolute atomic E-state index is 3.95. The quantitative estimate of drug-likeness (QED) is 0.875. The summed E-state index contributed by atoms with van der Waals surface area (Å²) in [7, 11) is 0. The van der Waals surface area contributed by atoms with Gasteiger partial charge in [-0.15, -0.1) is 0 Å². The van der Waals surface area contributed by atoms with Crippen molar-refractivity contribution in [1.82, 2.24) is 10.2 Å². The van der Waals surface area contributed by atoms with Crippen molar-refractivity contribution in [3.63, 3.8) is 0 Å². The largest absolute Gasteiger partial charge is 0.313 e. The summed E-state index contributed by atoms with van der Waals surface area (Å²) in [5.74, 6) is 0.858. The summed E-state index contributed by atoms with van der Waals surface area (Å²) in [6.45, 7) is 4.83. The summed E-state index contributed by atoms with van der Waals surface area (Å²) in [4.78, 5) is 2.62. The molecule has 26 heavy (non-hydrogen) atoms. The first kappa shape index (κ1) is 16.5. The molecule has 1 aliphatic heterocycles. The third-order valence-electron chi connectivity index (χ3n) is 7.08. The van der Waals surface area contributed by atoms with E-state index in [2.05, 4.69) is 64.8 Å². The van der Waals surface area contributed by atoms with Crippen LogP contribution in [0.5, 0.6) is 0 Å². The first-order valence-corrected chi connectivity index (χ1v) is 10.4. The first-order chi connectivity index (χ1) is 12.8. The van der Waals surface area contributed by atoms with Gasteiger partial charge in [-0.25, -0.2) is 0 Å². The molecule has 136 valence electrons. The number of rotatable bonds is 5. The van der Waals surface area contributed by atoms with Crippen molar-refractivity contribution in [2.45, 2.75) is 50.1 Å². The van der Waals surface area contributed by atoms with Crippen molar-refractivity contribution in [3.05, 3.63) is 71.3 Å². The molecular formula is C24H30N2. The van der Waals surface area contributed by atoms with Crippen molar-refractivity contribution < 1.29 is 0 Å². The molecule has 0 unspecified atom stereocenters. The second kappa shape index (κ2) is 6.83. The van der Waals surface area contributed by atoms with Crippen LogP contribution in [0.1, 0.15) is 42.4 Å². The number of benzene rings is 2. The molecule has 2 atom stereocenters. The molecule has 2 aromatic carbocycles. The zero-order valence-corrected chi connectivity index (χ0v) is 15.7. The molecule has 0 radical (unpaired) electrons. The predicted molar refractivity (Wildman–Crippen MR) is 107 cm³/mol. The Labute approximate surface area is 157 Å². The smallest absolute Gasteiger partial charge is 0.0233 e. The molecule has 0 amide bonds. The minimum absolute atomic E-state index is 0.491. The summed E-state index contributed by atoms with van der Waals surface area (Å²) < 4.78 is 0. The van der Waals surface area contributed by atoms with Gasteiger partial charge in [0.05, 0.1) is 0 Å². The number of aryl methyl sites for hydroxylation is 1. The molecule has 0 aromatic heterocycles. The SMILES string of the molecule is c1ccc(CN2CCC(CN[C@@H]3C[C@]34CCc3ccccc34)CC2)cc1. The minimum atomic E-state index is 0.491. The zero-order valence-electron chi connectivity index (χ0n) is 15.7. The van der Waals surface area contributed by atoms with Gasteiger partial charge in [0, 0.05) is 18.0 Å². The maximum atomic E-state index is 3.95. The standard InChI is InChI=1S/C24H30N2/c1-2-6-20(7-3-1)18-26-14-11-19(12-15-26)17-25-23-16-24(23)13-10-21-8-4-5-9-22(21)24/h1-9,19,23,25H,10-18H2/t23-,24+/m1/s1. The highest BCUT2D eigenvalue weighted by atomic mass is 15.1. The number of likely N-dealkylation sites (tertiary alicyclic amines) is 1. The first-order valence-electron chi connectivity index (χ1n) is 10.4. The second-order valence-corrected chi connectivity index (χ2v) is 8.68. The zero-order chi connectivity index (χ0) is 17.4. The van der Waals surface area contributed by atoms with Gasteiger partial charge >= 0.3 is 0 Å². The van der Waals surface area contributed by atoms with Crippen LogP contribution in [0.15, 0.2) is 54.6 Å². The van der Waals surface area contributed by atoms with Gasteiger partial charge in [-0.3, -0.25) is 4.90 Å². The van der Waals surface area contributed by atoms with Crippen molar-refractivity contribution in [1.29, 1.82) is 0 Å². The molecule has 0 bridgehead atoms. The molecule has 1 spiro atoms. The van der Waals surface area contributed by atoms with Gasteiger partial charge in [0.15, 0.2) is 0 Å². The highest BCUT2D eigenvalue weighted by Gasteiger charge is 2.57. The second-order valence-electron chi connectivity index (χ2n) is 8.68. The fraction of sp³-hybridized carbons (Fsp3) is 0.500. The van der Waals surface area contributed by atoms with Crippen molar-refractivity contribution >= 4 is 0 Å². The van der Waals surface area contributed by atoms with Crippen LogP contribution in [-0.2, 0) is 18.4 Å². The van der Waals surface area contributed by atoms with Gasteiger partial charge in [0.25, 0.3) is 0 Å². The van der Waals surface area contributed by atoms with E-state index in [1.54, 1.807) is 11.1 Å². The number of hydrogen-bond donors (Lipinski definition) is 1. The van der Waals surface area contributed by atoms with E-state index in [0.717, 1.165) is 18.5 Å². The van der Waals surface area contributed by atoms with E-state index in [1.165, 1.54) is 57.3 Å². The third-order valence-corrected chi connectivity index (χ3v) is 7.08. The molecule has 1 saturated heterocycles. The van der Waals surface area contributed by atoms with Gasteiger partial charge in [-0.2, -0.15) is 0 Å². The van der Waals surface area contributed by atoms with Crippen LogP contribution in [0.4, 0.5) is 0 Å². The van der Waals surface area contributed by atoms with E-state index in [9.17, 15) is 0 Å². The lowest BCUT2D eigenvalue weighted by Gasteiger charge is -2.32. The minimum Gasteiger partial charge on any atom is -0.313 e. The van der Waals surface area contributed by atoms with Crippen LogP contribution in [0.2, 0.25) is 0 Å². The molecule has 3 aliphatic rings. The van der Waals surface area contributed by atoms with E-state index in [-0.39, 0.29) is 0 Å². The average molecular weight is 347 g/mol. The van der Waals surface area contributed by atoms with E-state index in [4.69, 9.17) is 0 Å². The molecule has 1 heterocycles. The highest BCUT2D eigenvalue weighted by molar-refractivity contribution is 5.46. The summed E-state index contributed by atoms with van der Waals surface area (Å²) in [5, 5.41) is 3.95. The Kier molecular flexibility index (Phi) is 4.34. The highest BCUT2D eigenvalue weighted by Crippen LogP contribution is 2.56. The van der Waals surface area contributed by atoms with Gasteiger partial charge in [-0.1, -0.05) is 54.6 Å². The van der Waals surface area contributed by atoms with Crippen LogP contribution in [0.3, 0.4) is 0 Å². The monoisotopic (exact) mass is 346 g/mol. The van der Waals surface area contributed by atoms with Crippen molar-refractivity contribution in [2.75, 3.05) is 19.6 Å².